The van der Waals surface area contributed by atoms with Crippen LogP contribution in [0.5, 0.6) is 5.75 Å². The molecule has 0 unspecified atom stereocenters. The minimum Gasteiger partial charge on any atom is -0.494 e. The quantitative estimate of drug-likeness (QED) is 0.359. The molecule has 0 aliphatic carbocycles. The molecule has 0 saturated heterocycles. The summed E-state index contributed by atoms with van der Waals surface area (Å²) in [4.78, 5) is 23.1. The van der Waals surface area contributed by atoms with Crippen LogP contribution in [0, 0.1) is 0 Å². The van der Waals surface area contributed by atoms with Crippen LogP contribution in [0.1, 0.15) is 17.5 Å². The molecule has 0 amide bonds. The summed E-state index contributed by atoms with van der Waals surface area (Å²) in [7, 11) is 1.76. The topological polar surface area (TPSA) is 60.2 Å². The van der Waals surface area contributed by atoms with E-state index in [4.69, 9.17) is 4.74 Å². The number of aryl methyl sites for hydroxylation is 1. The summed E-state index contributed by atoms with van der Waals surface area (Å²) in [5, 5.41) is 1.61. The lowest BCUT2D eigenvalue weighted by Gasteiger charge is -2.22. The highest BCUT2D eigenvalue weighted by molar-refractivity contribution is 5.82. The first-order valence-electron chi connectivity index (χ1n) is 10.9. The number of benzene rings is 1. The van der Waals surface area contributed by atoms with Crippen LogP contribution < -0.4 is 10.3 Å². The lowest BCUT2D eigenvalue weighted by molar-refractivity contribution is 0.230. The van der Waals surface area contributed by atoms with E-state index in [1.54, 1.807) is 24.0 Å². The number of aromatic nitrogens is 3. The highest BCUT2D eigenvalue weighted by Crippen LogP contribution is 2.18. The Morgan fingerprint density at radius 1 is 0.969 bits per heavy atom. The van der Waals surface area contributed by atoms with E-state index in [1.807, 2.05) is 48.9 Å². The smallest absolute Gasteiger partial charge is 0.258 e. The van der Waals surface area contributed by atoms with Gasteiger partial charge in [0.05, 0.1) is 12.0 Å². The summed E-state index contributed by atoms with van der Waals surface area (Å²) in [5.41, 5.74) is 2.48. The number of pyridine rings is 3. The predicted octanol–water partition coefficient (Wildman–Crippen LogP) is 3.84. The zero-order chi connectivity index (χ0) is 22.2. The number of ether oxygens (including phenoxy) is 1. The summed E-state index contributed by atoms with van der Waals surface area (Å²) in [6, 6.07) is 15.9. The van der Waals surface area contributed by atoms with Crippen molar-refractivity contribution >= 4 is 10.8 Å². The van der Waals surface area contributed by atoms with Crippen LogP contribution in [0.3, 0.4) is 0 Å². The SMILES string of the molecule is Cn1ccc2ccc(OCCCN(CCc3cccnc3)Cc3ccncc3)cc2c1=O. The molecule has 0 atom stereocenters. The molecule has 0 saturated carbocycles. The highest BCUT2D eigenvalue weighted by Gasteiger charge is 2.08. The maximum absolute atomic E-state index is 12.4. The van der Waals surface area contributed by atoms with E-state index in [1.165, 1.54) is 11.1 Å². The van der Waals surface area contributed by atoms with E-state index in [2.05, 4.69) is 33.1 Å². The van der Waals surface area contributed by atoms with Gasteiger partial charge in [-0.2, -0.15) is 0 Å². The van der Waals surface area contributed by atoms with Crippen LogP contribution in [-0.4, -0.2) is 39.1 Å². The van der Waals surface area contributed by atoms with Gasteiger partial charge in [-0.25, -0.2) is 0 Å². The number of hydrogen-bond donors (Lipinski definition) is 0. The predicted molar refractivity (Wildman–Crippen MR) is 127 cm³/mol. The highest BCUT2D eigenvalue weighted by atomic mass is 16.5. The molecule has 0 fully saturated rings. The second kappa shape index (κ2) is 10.7. The Morgan fingerprint density at radius 2 is 1.84 bits per heavy atom. The molecule has 6 nitrogen and oxygen atoms in total. The van der Waals surface area contributed by atoms with Crippen molar-refractivity contribution in [2.75, 3.05) is 19.7 Å². The molecule has 4 aromatic rings. The molecule has 0 spiro atoms. The number of nitrogens with zero attached hydrogens (tertiary/aromatic N) is 4. The summed E-state index contributed by atoms with van der Waals surface area (Å²) < 4.78 is 7.57. The van der Waals surface area contributed by atoms with Gasteiger partial charge in [-0.15, -0.1) is 0 Å². The molecule has 4 rings (SSSR count). The lowest BCUT2D eigenvalue weighted by atomic mass is 10.1. The van der Waals surface area contributed by atoms with Gasteiger partial charge in [0, 0.05) is 57.7 Å². The van der Waals surface area contributed by atoms with Crippen LogP contribution in [0.4, 0.5) is 0 Å². The molecule has 0 radical (unpaired) electrons. The summed E-state index contributed by atoms with van der Waals surface area (Å²) in [5.74, 6) is 0.733. The third-order valence-corrected chi connectivity index (χ3v) is 5.54. The monoisotopic (exact) mass is 428 g/mol. The van der Waals surface area contributed by atoms with Gasteiger partial charge in [0.1, 0.15) is 5.75 Å². The zero-order valence-electron chi connectivity index (χ0n) is 18.4. The Balaban J connectivity index is 1.34. The van der Waals surface area contributed by atoms with Crippen LogP contribution in [-0.2, 0) is 20.0 Å². The molecular weight excluding hydrogens is 400 g/mol. The van der Waals surface area contributed by atoms with Gasteiger partial charge < -0.3 is 9.30 Å². The van der Waals surface area contributed by atoms with Crippen molar-refractivity contribution in [1.29, 1.82) is 0 Å². The lowest BCUT2D eigenvalue weighted by Crippen LogP contribution is -2.28. The van der Waals surface area contributed by atoms with Gasteiger partial charge in [-0.3, -0.25) is 19.7 Å². The Labute approximate surface area is 188 Å². The molecule has 3 aromatic heterocycles. The van der Waals surface area contributed by atoms with Crippen LogP contribution in [0.25, 0.3) is 10.8 Å². The van der Waals surface area contributed by atoms with Crippen molar-refractivity contribution in [2.24, 2.45) is 7.05 Å². The standard InChI is InChI=1S/C26H28N4O2/c1-29-15-10-23-5-6-24(18-25(23)26(29)31)32-17-3-14-30(20-22-7-12-27-13-8-22)16-9-21-4-2-11-28-19-21/h2,4-8,10-13,15,18-19H,3,9,14,16-17,20H2,1H3. The average molecular weight is 429 g/mol. The fourth-order valence-corrected chi connectivity index (χ4v) is 3.73. The van der Waals surface area contributed by atoms with Crippen LogP contribution in [0.2, 0.25) is 0 Å². The van der Waals surface area contributed by atoms with Crippen molar-refractivity contribution in [3.63, 3.8) is 0 Å². The molecule has 3 heterocycles. The molecular formula is C26H28N4O2. The second-order valence-corrected chi connectivity index (χ2v) is 7.93. The van der Waals surface area contributed by atoms with E-state index in [0.717, 1.165) is 43.6 Å². The summed E-state index contributed by atoms with van der Waals surface area (Å²) >= 11 is 0. The largest absolute Gasteiger partial charge is 0.494 e. The Hall–Kier alpha value is -3.51. The molecule has 32 heavy (non-hydrogen) atoms. The first-order chi connectivity index (χ1) is 15.7. The average Bonchev–Trinajstić information content (AvgIpc) is 2.84. The van der Waals surface area contributed by atoms with Crippen molar-refractivity contribution in [3.05, 3.63) is 101 Å². The fraction of sp³-hybridized carbons (Fsp3) is 0.269. The Bertz CT molecular complexity index is 1190. The molecule has 1 aromatic carbocycles. The molecule has 0 N–H and O–H groups in total. The minimum absolute atomic E-state index is 0.00752. The Morgan fingerprint density at radius 3 is 2.66 bits per heavy atom. The van der Waals surface area contributed by atoms with Gasteiger partial charge >= 0.3 is 0 Å². The first kappa shape index (κ1) is 21.7. The molecule has 6 heteroatoms. The van der Waals surface area contributed by atoms with Gasteiger partial charge in [-0.05, 0) is 65.8 Å². The molecule has 0 aliphatic heterocycles. The molecule has 164 valence electrons. The van der Waals surface area contributed by atoms with E-state index in [-0.39, 0.29) is 5.56 Å². The van der Waals surface area contributed by atoms with Gasteiger partial charge in [-0.1, -0.05) is 12.1 Å². The summed E-state index contributed by atoms with van der Waals surface area (Å²) in [6.45, 7) is 3.32. The van der Waals surface area contributed by atoms with Crippen LogP contribution in [0.15, 0.2) is 84.3 Å². The van der Waals surface area contributed by atoms with E-state index in [9.17, 15) is 4.79 Å². The maximum atomic E-state index is 12.4. The van der Waals surface area contributed by atoms with E-state index < -0.39 is 0 Å². The first-order valence-corrected chi connectivity index (χ1v) is 10.9. The van der Waals surface area contributed by atoms with Crippen molar-refractivity contribution in [3.8, 4) is 5.75 Å². The molecule has 0 bridgehead atoms. The second-order valence-electron chi connectivity index (χ2n) is 7.93. The van der Waals surface area contributed by atoms with Gasteiger partial charge in [0.15, 0.2) is 0 Å². The minimum atomic E-state index is -0.00752. The number of hydrogen-bond acceptors (Lipinski definition) is 5. The van der Waals surface area contributed by atoms with Crippen LogP contribution >= 0.6 is 0 Å². The van der Waals surface area contributed by atoms with Gasteiger partial charge in [0.2, 0.25) is 0 Å². The van der Waals surface area contributed by atoms with Crippen molar-refractivity contribution in [1.82, 2.24) is 19.4 Å². The number of fused-ring (bicyclic) bond motifs is 1. The van der Waals surface area contributed by atoms with Gasteiger partial charge in [0.25, 0.3) is 5.56 Å². The third-order valence-electron chi connectivity index (χ3n) is 5.54. The van der Waals surface area contributed by atoms with E-state index >= 15 is 0 Å². The number of rotatable bonds is 10. The van der Waals surface area contributed by atoms with Crippen molar-refractivity contribution < 1.29 is 4.74 Å². The Kier molecular flexibility index (Phi) is 7.25. The fourth-order valence-electron chi connectivity index (χ4n) is 3.73. The summed E-state index contributed by atoms with van der Waals surface area (Å²) in [6.07, 6.45) is 11.0. The third kappa shape index (κ3) is 5.80. The van der Waals surface area contributed by atoms with E-state index in [0.29, 0.717) is 12.0 Å². The normalized spacial score (nSPS) is 11.2. The van der Waals surface area contributed by atoms with Crippen molar-refractivity contribution in [2.45, 2.75) is 19.4 Å². The maximum Gasteiger partial charge on any atom is 0.258 e. The molecule has 0 aliphatic rings. The zero-order valence-corrected chi connectivity index (χ0v) is 18.4.